The Morgan fingerprint density at radius 3 is 2.57 bits per heavy atom. The summed E-state index contributed by atoms with van der Waals surface area (Å²) < 4.78 is 5.23. The first-order valence-electron chi connectivity index (χ1n) is 11.0. The lowest BCUT2D eigenvalue weighted by atomic mass is 9.98. The number of nitrogens with zero attached hydrogens (tertiary/aromatic N) is 2. The van der Waals surface area contributed by atoms with Gasteiger partial charge in [-0.15, -0.1) is 24.0 Å². The minimum Gasteiger partial charge on any atom is -0.497 e. The van der Waals surface area contributed by atoms with Gasteiger partial charge in [0.1, 0.15) is 5.75 Å². The van der Waals surface area contributed by atoms with Crippen molar-refractivity contribution in [2.75, 3.05) is 33.8 Å². The van der Waals surface area contributed by atoms with Crippen LogP contribution in [0.5, 0.6) is 5.75 Å². The van der Waals surface area contributed by atoms with E-state index in [1.807, 2.05) is 17.0 Å². The second-order valence-electron chi connectivity index (χ2n) is 8.36. The van der Waals surface area contributed by atoms with Crippen LogP contribution in [0, 0.1) is 5.92 Å². The van der Waals surface area contributed by atoms with Gasteiger partial charge < -0.3 is 20.3 Å². The van der Waals surface area contributed by atoms with Gasteiger partial charge in [-0.25, -0.2) is 0 Å². The van der Waals surface area contributed by atoms with Gasteiger partial charge in [-0.2, -0.15) is 0 Å². The summed E-state index contributed by atoms with van der Waals surface area (Å²) in [5.74, 6) is 2.80. The largest absolute Gasteiger partial charge is 0.497 e. The lowest BCUT2D eigenvalue weighted by Crippen LogP contribution is -2.45. The zero-order valence-electron chi connectivity index (χ0n) is 18.5. The molecule has 0 aromatic heterocycles. The van der Waals surface area contributed by atoms with Crippen molar-refractivity contribution >= 4 is 35.8 Å². The molecule has 1 saturated heterocycles. The van der Waals surface area contributed by atoms with Gasteiger partial charge in [-0.1, -0.05) is 31.9 Å². The summed E-state index contributed by atoms with van der Waals surface area (Å²) in [7, 11) is 3.49. The molecule has 0 spiro atoms. The number of halogens is 1. The van der Waals surface area contributed by atoms with Crippen LogP contribution in [0.25, 0.3) is 0 Å². The van der Waals surface area contributed by atoms with Crippen molar-refractivity contribution in [3.63, 3.8) is 0 Å². The van der Waals surface area contributed by atoms with Crippen molar-refractivity contribution in [3.05, 3.63) is 29.8 Å². The number of nitrogens with one attached hydrogen (secondary N) is 2. The van der Waals surface area contributed by atoms with Crippen molar-refractivity contribution in [2.45, 2.75) is 57.4 Å². The molecule has 30 heavy (non-hydrogen) atoms. The average molecular weight is 528 g/mol. The fourth-order valence-corrected chi connectivity index (χ4v) is 4.40. The van der Waals surface area contributed by atoms with Gasteiger partial charge in [0.15, 0.2) is 5.96 Å². The van der Waals surface area contributed by atoms with Gasteiger partial charge in [0, 0.05) is 38.6 Å². The van der Waals surface area contributed by atoms with Crippen molar-refractivity contribution in [1.82, 2.24) is 15.5 Å². The molecule has 1 heterocycles. The summed E-state index contributed by atoms with van der Waals surface area (Å²) >= 11 is 0. The van der Waals surface area contributed by atoms with E-state index in [0.29, 0.717) is 11.8 Å². The molecule has 2 atom stereocenters. The first-order valence-corrected chi connectivity index (χ1v) is 11.0. The zero-order valence-corrected chi connectivity index (χ0v) is 20.9. The van der Waals surface area contributed by atoms with E-state index >= 15 is 0 Å². The van der Waals surface area contributed by atoms with Crippen LogP contribution in [-0.4, -0.2) is 56.6 Å². The summed E-state index contributed by atoms with van der Waals surface area (Å²) in [4.78, 5) is 19.0. The van der Waals surface area contributed by atoms with Crippen LogP contribution in [0.2, 0.25) is 0 Å². The zero-order chi connectivity index (χ0) is 20.6. The lowest BCUT2D eigenvalue weighted by Gasteiger charge is -2.22. The second kappa shape index (κ2) is 12.4. The number of hydrogen-bond acceptors (Lipinski definition) is 3. The number of rotatable bonds is 7. The minimum absolute atomic E-state index is 0. The molecule has 0 radical (unpaired) electrons. The SMILES string of the molecule is CN=C(NCCC(C)c1ccc(OC)cc1)NC1CCN(C(=O)C2CCCC2)C1.I. The topological polar surface area (TPSA) is 66.0 Å². The molecule has 1 amide bonds. The van der Waals surface area contributed by atoms with E-state index in [4.69, 9.17) is 4.74 Å². The Bertz CT molecular complexity index is 689. The molecule has 1 aliphatic carbocycles. The van der Waals surface area contributed by atoms with Crippen LogP contribution >= 0.6 is 24.0 Å². The number of amides is 1. The van der Waals surface area contributed by atoms with E-state index in [0.717, 1.165) is 57.0 Å². The summed E-state index contributed by atoms with van der Waals surface area (Å²) in [6.45, 7) is 4.74. The molecule has 1 aromatic rings. The van der Waals surface area contributed by atoms with Gasteiger partial charge in [0.25, 0.3) is 0 Å². The molecule has 168 valence electrons. The van der Waals surface area contributed by atoms with Crippen molar-refractivity contribution in [2.24, 2.45) is 10.9 Å². The smallest absolute Gasteiger partial charge is 0.225 e. The maximum atomic E-state index is 12.6. The number of aliphatic imine (C=N–C) groups is 1. The van der Waals surface area contributed by atoms with Crippen molar-refractivity contribution < 1.29 is 9.53 Å². The molecular weight excluding hydrogens is 491 g/mol. The van der Waals surface area contributed by atoms with Gasteiger partial charge in [0.2, 0.25) is 5.91 Å². The number of ether oxygens (including phenoxy) is 1. The maximum absolute atomic E-state index is 12.6. The number of carbonyl (C=O) groups excluding carboxylic acids is 1. The molecule has 3 rings (SSSR count). The number of methoxy groups -OCH3 is 1. The first-order chi connectivity index (χ1) is 14.1. The van der Waals surface area contributed by atoms with E-state index in [2.05, 4.69) is 34.7 Å². The predicted molar refractivity (Wildman–Crippen MR) is 133 cm³/mol. The van der Waals surface area contributed by atoms with E-state index in [1.54, 1.807) is 14.2 Å². The van der Waals surface area contributed by atoms with Crippen LogP contribution in [0.3, 0.4) is 0 Å². The highest BCUT2D eigenvalue weighted by atomic mass is 127. The lowest BCUT2D eigenvalue weighted by molar-refractivity contribution is -0.134. The van der Waals surface area contributed by atoms with Crippen LogP contribution < -0.4 is 15.4 Å². The standard InChI is InChI=1S/C23H36N4O2.HI/c1-17(18-8-10-21(29-3)11-9-18)12-14-25-23(24-2)26-20-13-15-27(16-20)22(28)19-6-4-5-7-19;/h8-11,17,19-20H,4-7,12-16H2,1-3H3,(H2,24,25,26);1H. The fraction of sp³-hybridized carbons (Fsp3) is 0.652. The molecule has 1 aromatic carbocycles. The van der Waals surface area contributed by atoms with Crippen molar-refractivity contribution in [3.8, 4) is 5.75 Å². The third kappa shape index (κ3) is 6.75. The highest BCUT2D eigenvalue weighted by Gasteiger charge is 2.32. The minimum atomic E-state index is 0. The third-order valence-corrected chi connectivity index (χ3v) is 6.32. The molecule has 1 aliphatic heterocycles. The van der Waals surface area contributed by atoms with Gasteiger partial charge in [-0.3, -0.25) is 9.79 Å². The average Bonchev–Trinajstić information content (AvgIpc) is 3.45. The van der Waals surface area contributed by atoms with Crippen molar-refractivity contribution in [1.29, 1.82) is 0 Å². The van der Waals surface area contributed by atoms with Crippen LogP contribution in [0.4, 0.5) is 0 Å². The summed E-state index contributed by atoms with van der Waals surface area (Å²) in [6.07, 6.45) is 6.56. The first kappa shape index (κ1) is 24.8. The molecule has 6 nitrogen and oxygen atoms in total. The Morgan fingerprint density at radius 2 is 1.93 bits per heavy atom. The Balaban J connectivity index is 0.00000320. The molecular formula is C23H37IN4O2. The quantitative estimate of drug-likeness (QED) is 0.322. The summed E-state index contributed by atoms with van der Waals surface area (Å²) in [5, 5.41) is 6.93. The third-order valence-electron chi connectivity index (χ3n) is 6.32. The van der Waals surface area contributed by atoms with Gasteiger partial charge >= 0.3 is 0 Å². The predicted octanol–water partition coefficient (Wildman–Crippen LogP) is 3.76. The Morgan fingerprint density at radius 1 is 1.23 bits per heavy atom. The normalized spacial score (nSPS) is 20.6. The second-order valence-corrected chi connectivity index (χ2v) is 8.36. The molecule has 2 aliphatic rings. The van der Waals surface area contributed by atoms with Gasteiger partial charge in [-0.05, 0) is 49.3 Å². The molecule has 2 unspecified atom stereocenters. The van der Waals surface area contributed by atoms with Crippen LogP contribution in [0.1, 0.15) is 56.9 Å². The van der Waals surface area contributed by atoms with E-state index in [9.17, 15) is 4.79 Å². The maximum Gasteiger partial charge on any atom is 0.225 e. The van der Waals surface area contributed by atoms with E-state index < -0.39 is 0 Å². The van der Waals surface area contributed by atoms with Crippen LogP contribution in [0.15, 0.2) is 29.3 Å². The number of hydrogen-bond donors (Lipinski definition) is 2. The molecule has 1 saturated carbocycles. The number of benzene rings is 1. The Hall–Kier alpha value is -1.51. The monoisotopic (exact) mass is 528 g/mol. The van der Waals surface area contributed by atoms with Crippen LogP contribution in [-0.2, 0) is 4.79 Å². The summed E-state index contributed by atoms with van der Waals surface area (Å²) in [6, 6.07) is 8.57. The number of likely N-dealkylation sites (tertiary alicyclic amines) is 1. The molecule has 2 N–H and O–H groups in total. The van der Waals surface area contributed by atoms with Gasteiger partial charge in [0.05, 0.1) is 7.11 Å². The molecule has 7 heteroatoms. The number of guanidine groups is 1. The Kier molecular flexibility index (Phi) is 10.2. The van der Waals surface area contributed by atoms with E-state index in [1.165, 1.54) is 18.4 Å². The highest BCUT2D eigenvalue weighted by molar-refractivity contribution is 14.0. The fourth-order valence-electron chi connectivity index (χ4n) is 4.40. The summed E-state index contributed by atoms with van der Waals surface area (Å²) in [5.41, 5.74) is 1.31. The van der Waals surface area contributed by atoms with E-state index in [-0.39, 0.29) is 35.9 Å². The Labute approximate surface area is 198 Å². The molecule has 2 fully saturated rings. The highest BCUT2D eigenvalue weighted by Crippen LogP contribution is 2.28. The molecule has 0 bridgehead atoms. The number of carbonyl (C=O) groups is 1.